The van der Waals surface area contributed by atoms with Crippen molar-refractivity contribution in [2.75, 3.05) is 36.5 Å². The second-order valence-electron chi connectivity index (χ2n) is 10.2. The van der Waals surface area contributed by atoms with Gasteiger partial charge in [-0.1, -0.05) is 31.2 Å². The van der Waals surface area contributed by atoms with Gasteiger partial charge in [0, 0.05) is 48.2 Å². The van der Waals surface area contributed by atoms with Crippen LogP contribution in [0.3, 0.4) is 0 Å². The maximum absolute atomic E-state index is 13.1. The molecule has 2 aliphatic rings. The maximum atomic E-state index is 13.1. The number of morpholine rings is 1. The quantitative estimate of drug-likeness (QED) is 0.378. The van der Waals surface area contributed by atoms with Crippen LogP contribution < -0.4 is 10.2 Å². The van der Waals surface area contributed by atoms with Gasteiger partial charge in [0.05, 0.1) is 18.9 Å². The molecule has 0 bridgehead atoms. The van der Waals surface area contributed by atoms with Crippen molar-refractivity contribution in [2.24, 2.45) is 5.92 Å². The number of ether oxygens (including phenoxy) is 1. The third kappa shape index (κ3) is 6.62. The van der Waals surface area contributed by atoms with Crippen molar-refractivity contribution in [3.8, 4) is 23.0 Å². The smallest absolute Gasteiger partial charge is 0.378 e. The molecule has 208 valence electrons. The first-order valence-corrected chi connectivity index (χ1v) is 13.6. The molecule has 40 heavy (non-hydrogen) atoms. The Kier molecular flexibility index (Phi) is 8.36. The zero-order valence-corrected chi connectivity index (χ0v) is 22.4. The summed E-state index contributed by atoms with van der Waals surface area (Å²) in [5.74, 6) is 6.57. The van der Waals surface area contributed by atoms with Crippen LogP contribution in [0.1, 0.15) is 59.4 Å². The maximum Gasteiger partial charge on any atom is 0.433 e. The van der Waals surface area contributed by atoms with Crippen molar-refractivity contribution in [3.63, 3.8) is 0 Å². The molecule has 0 atom stereocenters. The fourth-order valence-electron chi connectivity index (χ4n) is 5.10. The van der Waals surface area contributed by atoms with E-state index in [1.165, 1.54) is 25.3 Å². The Hall–Kier alpha value is -3.90. The average molecular weight is 549 g/mol. The fraction of sp³-hybridized carbons (Fsp3) is 0.387. The number of halogens is 3. The second kappa shape index (κ2) is 12.1. The number of aryl methyl sites for hydroxylation is 1. The Morgan fingerprint density at radius 2 is 1.82 bits per heavy atom. The number of hydrogen-bond acceptors (Lipinski definition) is 5. The molecule has 0 unspecified atom stereocenters. The van der Waals surface area contributed by atoms with Crippen LogP contribution in [-0.4, -0.2) is 42.2 Å². The van der Waals surface area contributed by atoms with Crippen molar-refractivity contribution >= 4 is 17.3 Å². The SMILES string of the molecule is Cc1ccc(NC(=O)c2ccnc(C(F)(F)F)c2)cc1-c1cnc(C#CC2CCCCC2)c(N2CCOCC2)c1. The van der Waals surface area contributed by atoms with Crippen LogP contribution in [0.25, 0.3) is 11.1 Å². The molecule has 3 aromatic rings. The molecule has 6 nitrogen and oxygen atoms in total. The summed E-state index contributed by atoms with van der Waals surface area (Å²) in [6.07, 6.45) is 4.12. The standard InChI is InChI=1S/C31H31F3N4O2/c1-21-7-9-25(37-30(39)23-11-12-35-29(18-23)31(32,33)34)19-26(21)24-17-28(38-13-15-40-16-14-38)27(36-20-24)10-8-22-5-3-2-4-6-22/h7,9,11-12,17-20,22H,2-6,13-16H2,1H3,(H,37,39). The van der Waals surface area contributed by atoms with Crippen molar-refractivity contribution < 1.29 is 22.7 Å². The summed E-state index contributed by atoms with van der Waals surface area (Å²) in [5.41, 5.74) is 3.62. The summed E-state index contributed by atoms with van der Waals surface area (Å²) >= 11 is 0. The second-order valence-corrected chi connectivity index (χ2v) is 10.2. The first kappa shape index (κ1) is 27.7. The number of carbonyl (C=O) groups excluding carboxylic acids is 1. The monoisotopic (exact) mass is 548 g/mol. The molecule has 1 amide bonds. The van der Waals surface area contributed by atoms with Gasteiger partial charge >= 0.3 is 6.18 Å². The molecule has 1 saturated heterocycles. The lowest BCUT2D eigenvalue weighted by Crippen LogP contribution is -2.36. The minimum absolute atomic E-state index is 0.124. The normalized spacial score (nSPS) is 16.2. The average Bonchev–Trinajstić information content (AvgIpc) is 2.97. The highest BCUT2D eigenvalue weighted by Gasteiger charge is 2.33. The van der Waals surface area contributed by atoms with E-state index < -0.39 is 17.8 Å². The molecule has 1 aromatic carbocycles. The lowest BCUT2D eigenvalue weighted by molar-refractivity contribution is -0.141. The number of amides is 1. The Morgan fingerprint density at radius 1 is 1.05 bits per heavy atom. The van der Waals surface area contributed by atoms with Crippen molar-refractivity contribution in [2.45, 2.75) is 45.2 Å². The van der Waals surface area contributed by atoms with Crippen LogP contribution in [0.2, 0.25) is 0 Å². The summed E-state index contributed by atoms with van der Waals surface area (Å²) in [5, 5.41) is 2.72. The number of carbonyl (C=O) groups is 1. The third-order valence-electron chi connectivity index (χ3n) is 7.34. The number of pyridine rings is 2. The Morgan fingerprint density at radius 3 is 2.58 bits per heavy atom. The Balaban J connectivity index is 1.43. The van der Waals surface area contributed by atoms with Gasteiger partial charge in [0.25, 0.3) is 5.91 Å². The summed E-state index contributed by atoms with van der Waals surface area (Å²) in [4.78, 5) is 23.1. The molecule has 1 N–H and O–H groups in total. The molecule has 0 spiro atoms. The number of anilines is 2. The van der Waals surface area contributed by atoms with Gasteiger partial charge < -0.3 is 15.0 Å². The van der Waals surface area contributed by atoms with E-state index in [1.807, 2.05) is 19.1 Å². The van der Waals surface area contributed by atoms with E-state index in [0.717, 1.165) is 66.3 Å². The van der Waals surface area contributed by atoms with Gasteiger partial charge in [0.2, 0.25) is 0 Å². The minimum Gasteiger partial charge on any atom is -0.378 e. The van der Waals surface area contributed by atoms with Crippen molar-refractivity contribution in [3.05, 3.63) is 71.3 Å². The van der Waals surface area contributed by atoms with Crippen LogP contribution in [0, 0.1) is 24.7 Å². The summed E-state index contributed by atoms with van der Waals surface area (Å²) in [6.45, 7) is 4.70. The highest BCUT2D eigenvalue weighted by Crippen LogP contribution is 2.32. The van der Waals surface area contributed by atoms with E-state index in [1.54, 1.807) is 12.3 Å². The van der Waals surface area contributed by atoms with Gasteiger partial charge in [-0.2, -0.15) is 13.2 Å². The topological polar surface area (TPSA) is 67.4 Å². The van der Waals surface area contributed by atoms with Gasteiger partial charge in [0.15, 0.2) is 0 Å². The largest absolute Gasteiger partial charge is 0.433 e. The fourth-order valence-corrected chi connectivity index (χ4v) is 5.10. The van der Waals surface area contributed by atoms with Crippen molar-refractivity contribution in [1.82, 2.24) is 9.97 Å². The zero-order chi connectivity index (χ0) is 28.1. The number of rotatable bonds is 4. The minimum atomic E-state index is -4.63. The molecule has 1 aliphatic carbocycles. The molecular weight excluding hydrogens is 517 g/mol. The van der Waals surface area contributed by atoms with Crippen molar-refractivity contribution in [1.29, 1.82) is 0 Å². The molecule has 0 radical (unpaired) electrons. The summed E-state index contributed by atoms with van der Waals surface area (Å²) in [7, 11) is 0. The molecular formula is C31H31F3N4O2. The van der Waals surface area contributed by atoms with Gasteiger partial charge in [0.1, 0.15) is 11.4 Å². The predicted molar refractivity (Wildman–Crippen MR) is 148 cm³/mol. The van der Waals surface area contributed by atoms with Crippen LogP contribution in [-0.2, 0) is 10.9 Å². The zero-order valence-electron chi connectivity index (χ0n) is 22.4. The molecule has 1 saturated carbocycles. The van der Waals surface area contributed by atoms with Crippen LogP contribution >= 0.6 is 0 Å². The lowest BCUT2D eigenvalue weighted by atomic mass is 9.90. The molecule has 1 aliphatic heterocycles. The van der Waals surface area contributed by atoms with E-state index in [4.69, 9.17) is 9.72 Å². The van der Waals surface area contributed by atoms with Crippen LogP contribution in [0.15, 0.2) is 48.8 Å². The lowest BCUT2D eigenvalue weighted by Gasteiger charge is -2.29. The predicted octanol–water partition coefficient (Wildman–Crippen LogP) is 6.49. The van der Waals surface area contributed by atoms with Gasteiger partial charge in [-0.25, -0.2) is 4.98 Å². The number of benzene rings is 1. The van der Waals surface area contributed by atoms with E-state index in [0.29, 0.717) is 24.8 Å². The number of nitrogens with zero attached hydrogens (tertiary/aromatic N) is 3. The van der Waals surface area contributed by atoms with Gasteiger partial charge in [-0.15, -0.1) is 0 Å². The highest BCUT2D eigenvalue weighted by molar-refractivity contribution is 6.04. The third-order valence-corrected chi connectivity index (χ3v) is 7.34. The summed E-state index contributed by atoms with van der Waals surface area (Å²) < 4.78 is 44.7. The van der Waals surface area contributed by atoms with E-state index in [2.05, 4.69) is 33.1 Å². The number of nitrogens with one attached hydrogen (secondary N) is 1. The summed E-state index contributed by atoms with van der Waals surface area (Å²) in [6, 6.07) is 9.48. The number of aromatic nitrogens is 2. The number of alkyl halides is 3. The van der Waals surface area contributed by atoms with Crippen LogP contribution in [0.5, 0.6) is 0 Å². The van der Waals surface area contributed by atoms with E-state index in [9.17, 15) is 18.0 Å². The van der Waals surface area contributed by atoms with E-state index >= 15 is 0 Å². The highest BCUT2D eigenvalue weighted by atomic mass is 19.4. The molecule has 2 aromatic heterocycles. The molecule has 5 rings (SSSR count). The Bertz CT molecular complexity index is 1430. The molecule has 2 fully saturated rings. The van der Waals surface area contributed by atoms with Crippen LogP contribution in [0.4, 0.5) is 24.5 Å². The first-order valence-electron chi connectivity index (χ1n) is 13.6. The Labute approximate surface area is 232 Å². The molecule has 3 heterocycles. The molecule has 9 heteroatoms. The number of hydrogen-bond donors (Lipinski definition) is 1. The first-order chi connectivity index (χ1) is 19.3. The van der Waals surface area contributed by atoms with Gasteiger partial charge in [-0.3, -0.25) is 9.78 Å². The van der Waals surface area contributed by atoms with E-state index in [-0.39, 0.29) is 5.56 Å². The van der Waals surface area contributed by atoms with Gasteiger partial charge in [-0.05, 0) is 67.1 Å².